The predicted molar refractivity (Wildman–Crippen MR) is 110 cm³/mol. The summed E-state index contributed by atoms with van der Waals surface area (Å²) in [7, 11) is -3.51. The molecule has 1 aromatic carbocycles. The first-order valence-corrected chi connectivity index (χ1v) is 11.1. The van der Waals surface area contributed by atoms with Crippen molar-refractivity contribution in [3.8, 4) is 0 Å². The Bertz CT molecular complexity index is 728. The highest BCUT2D eigenvalue weighted by Gasteiger charge is 2.31. The van der Waals surface area contributed by atoms with E-state index in [0.717, 1.165) is 24.9 Å². The number of nitrogens with zero attached hydrogens (tertiary/aromatic N) is 2. The number of carbonyl (C=O) groups is 1. The summed E-state index contributed by atoms with van der Waals surface area (Å²) >= 11 is 0. The van der Waals surface area contributed by atoms with E-state index < -0.39 is 10.0 Å². The highest BCUT2D eigenvalue weighted by molar-refractivity contribution is 7.89. The Labute approximate surface area is 173 Å². The van der Waals surface area contributed by atoms with Crippen LogP contribution in [-0.2, 0) is 26.0 Å². The zero-order valence-corrected chi connectivity index (χ0v) is 17.9. The number of hydrogen-bond acceptors (Lipinski definition) is 5. The molecule has 1 atom stereocenters. The lowest BCUT2D eigenvalue weighted by Crippen LogP contribution is -2.52. The minimum atomic E-state index is -3.51. The van der Waals surface area contributed by atoms with Gasteiger partial charge in [0, 0.05) is 45.2 Å². The van der Waals surface area contributed by atoms with Gasteiger partial charge in [-0.3, -0.25) is 4.79 Å². The van der Waals surface area contributed by atoms with Crippen molar-refractivity contribution in [2.24, 2.45) is 0 Å². The van der Waals surface area contributed by atoms with Crippen LogP contribution in [0.2, 0.25) is 0 Å². The van der Waals surface area contributed by atoms with E-state index in [1.165, 1.54) is 4.31 Å². The molecule has 3 rings (SSSR count). The summed E-state index contributed by atoms with van der Waals surface area (Å²) in [5.74, 6) is 0.0546. The third-order valence-electron chi connectivity index (χ3n) is 5.11. The van der Waals surface area contributed by atoms with Crippen molar-refractivity contribution >= 4 is 28.3 Å². The summed E-state index contributed by atoms with van der Waals surface area (Å²) in [6.07, 6.45) is 2.37. The van der Waals surface area contributed by atoms with Crippen LogP contribution < -0.4 is 5.32 Å². The third kappa shape index (κ3) is 5.67. The fraction of sp³-hybridized carbons (Fsp3) is 0.632. The van der Waals surface area contributed by atoms with Crippen molar-refractivity contribution in [3.63, 3.8) is 0 Å². The number of ether oxygens (including phenoxy) is 1. The van der Waals surface area contributed by atoms with Gasteiger partial charge in [-0.05, 0) is 24.1 Å². The van der Waals surface area contributed by atoms with E-state index in [2.05, 4.69) is 12.2 Å². The highest BCUT2D eigenvalue weighted by atomic mass is 35.5. The van der Waals surface area contributed by atoms with Gasteiger partial charge in [0.05, 0.1) is 18.1 Å². The smallest absolute Gasteiger partial charge is 0.243 e. The molecule has 1 amide bonds. The molecule has 158 valence electrons. The Morgan fingerprint density at radius 2 is 1.86 bits per heavy atom. The third-order valence-corrected chi connectivity index (χ3v) is 7.02. The van der Waals surface area contributed by atoms with Crippen molar-refractivity contribution < 1.29 is 17.9 Å². The molecule has 0 bridgehead atoms. The molecule has 9 heteroatoms. The summed E-state index contributed by atoms with van der Waals surface area (Å²) in [6.45, 7) is 5.62. The molecular formula is C19H30ClN3O4S. The Kier molecular flexibility index (Phi) is 8.70. The van der Waals surface area contributed by atoms with Crippen LogP contribution >= 0.6 is 12.4 Å². The molecule has 0 spiro atoms. The fourth-order valence-electron chi connectivity index (χ4n) is 3.53. The highest BCUT2D eigenvalue weighted by Crippen LogP contribution is 2.19. The summed E-state index contributed by atoms with van der Waals surface area (Å²) in [5.41, 5.74) is 1.15. The number of piperazine rings is 1. The Hall–Kier alpha value is -1.19. The largest absolute Gasteiger partial charge is 0.378 e. The topological polar surface area (TPSA) is 79.0 Å². The van der Waals surface area contributed by atoms with Crippen LogP contribution in [0.15, 0.2) is 29.2 Å². The number of benzene rings is 1. The maximum absolute atomic E-state index is 12.8. The second-order valence-electron chi connectivity index (χ2n) is 7.11. The quantitative estimate of drug-likeness (QED) is 0.733. The van der Waals surface area contributed by atoms with Gasteiger partial charge >= 0.3 is 0 Å². The number of nitrogens with one attached hydrogen (secondary N) is 1. The minimum absolute atomic E-state index is 0. The van der Waals surface area contributed by atoms with E-state index in [1.807, 2.05) is 12.1 Å². The first kappa shape index (κ1) is 23.1. The van der Waals surface area contributed by atoms with Crippen LogP contribution in [-0.4, -0.2) is 75.5 Å². The van der Waals surface area contributed by atoms with Gasteiger partial charge in [-0.1, -0.05) is 25.5 Å². The summed E-state index contributed by atoms with van der Waals surface area (Å²) in [4.78, 5) is 14.5. The first-order valence-electron chi connectivity index (χ1n) is 9.68. The number of hydrogen-bond donors (Lipinski definition) is 1. The standard InChI is InChI=1S/C19H29N3O4S.ClH/c1-2-3-16-4-6-18(7-5-16)27(24,25)22-11-9-21(10-12-22)19(23)14-17-15-26-13-8-20-17;/h4-7,17,20H,2-3,8-15H2,1H3;1H. The molecule has 0 radical (unpaired) electrons. The summed E-state index contributed by atoms with van der Waals surface area (Å²) in [6, 6.07) is 7.19. The van der Waals surface area contributed by atoms with Gasteiger partial charge in [-0.25, -0.2) is 8.42 Å². The number of halogens is 1. The van der Waals surface area contributed by atoms with Crippen LogP contribution in [0.5, 0.6) is 0 Å². The predicted octanol–water partition coefficient (Wildman–Crippen LogP) is 1.27. The van der Waals surface area contributed by atoms with E-state index in [9.17, 15) is 13.2 Å². The Morgan fingerprint density at radius 3 is 2.43 bits per heavy atom. The molecule has 2 heterocycles. The summed E-state index contributed by atoms with van der Waals surface area (Å²) < 4.78 is 32.6. The Balaban J connectivity index is 0.00000280. The molecule has 2 aliphatic heterocycles. The zero-order chi connectivity index (χ0) is 19.3. The Morgan fingerprint density at radius 1 is 1.18 bits per heavy atom. The lowest BCUT2D eigenvalue weighted by Gasteiger charge is -2.35. The second-order valence-corrected chi connectivity index (χ2v) is 9.05. The van der Waals surface area contributed by atoms with Crippen LogP contribution in [0.4, 0.5) is 0 Å². The number of rotatable bonds is 6. The van der Waals surface area contributed by atoms with Gasteiger partial charge in [0.2, 0.25) is 15.9 Å². The van der Waals surface area contributed by atoms with Crippen molar-refractivity contribution in [1.82, 2.24) is 14.5 Å². The van der Waals surface area contributed by atoms with Crippen molar-refractivity contribution in [2.75, 3.05) is 45.9 Å². The first-order chi connectivity index (χ1) is 13.0. The number of morpholine rings is 1. The maximum atomic E-state index is 12.8. The SMILES string of the molecule is CCCc1ccc(S(=O)(=O)N2CCN(C(=O)CC3COCCN3)CC2)cc1.Cl. The zero-order valence-electron chi connectivity index (χ0n) is 16.3. The average Bonchev–Trinajstić information content (AvgIpc) is 2.69. The van der Waals surface area contributed by atoms with Crippen LogP contribution in [0, 0.1) is 0 Å². The lowest BCUT2D eigenvalue weighted by molar-refractivity contribution is -0.133. The molecule has 2 saturated heterocycles. The molecule has 0 aliphatic carbocycles. The molecule has 1 N–H and O–H groups in total. The number of carbonyl (C=O) groups excluding carboxylic acids is 1. The van der Waals surface area contributed by atoms with Crippen LogP contribution in [0.3, 0.4) is 0 Å². The van der Waals surface area contributed by atoms with Crippen LogP contribution in [0.1, 0.15) is 25.3 Å². The number of aryl methyl sites for hydroxylation is 1. The van der Waals surface area contributed by atoms with E-state index in [4.69, 9.17) is 4.74 Å². The molecule has 1 unspecified atom stereocenters. The van der Waals surface area contributed by atoms with Gasteiger partial charge in [-0.2, -0.15) is 4.31 Å². The van der Waals surface area contributed by atoms with Crippen LogP contribution in [0.25, 0.3) is 0 Å². The molecule has 2 aliphatic rings. The van der Waals surface area contributed by atoms with Gasteiger partial charge in [-0.15, -0.1) is 12.4 Å². The molecule has 28 heavy (non-hydrogen) atoms. The molecular weight excluding hydrogens is 402 g/mol. The molecule has 1 aromatic rings. The second kappa shape index (κ2) is 10.5. The fourth-order valence-corrected chi connectivity index (χ4v) is 4.96. The molecule has 0 saturated carbocycles. The number of sulfonamides is 1. The molecule has 0 aromatic heterocycles. The van der Waals surface area contributed by atoms with Gasteiger partial charge in [0.25, 0.3) is 0 Å². The monoisotopic (exact) mass is 431 g/mol. The van der Waals surface area contributed by atoms with Gasteiger partial charge in [0.1, 0.15) is 0 Å². The normalized spacial score (nSPS) is 21.2. The molecule has 7 nitrogen and oxygen atoms in total. The van der Waals surface area contributed by atoms with Gasteiger partial charge in [0.15, 0.2) is 0 Å². The lowest BCUT2D eigenvalue weighted by atomic mass is 10.1. The van der Waals surface area contributed by atoms with E-state index in [1.54, 1.807) is 17.0 Å². The van der Waals surface area contributed by atoms with E-state index in [0.29, 0.717) is 50.7 Å². The van der Waals surface area contributed by atoms with Crippen molar-refractivity contribution in [1.29, 1.82) is 0 Å². The minimum Gasteiger partial charge on any atom is -0.378 e. The van der Waals surface area contributed by atoms with Gasteiger partial charge < -0.3 is 15.0 Å². The number of amides is 1. The van der Waals surface area contributed by atoms with Crippen molar-refractivity contribution in [2.45, 2.75) is 37.1 Å². The maximum Gasteiger partial charge on any atom is 0.243 e. The summed E-state index contributed by atoms with van der Waals surface area (Å²) in [5, 5.41) is 3.28. The molecule has 2 fully saturated rings. The average molecular weight is 432 g/mol. The van der Waals surface area contributed by atoms with E-state index in [-0.39, 0.29) is 24.4 Å². The van der Waals surface area contributed by atoms with E-state index >= 15 is 0 Å². The van der Waals surface area contributed by atoms with Crippen molar-refractivity contribution in [3.05, 3.63) is 29.8 Å².